The molecule has 8 nitrogen and oxygen atoms in total. The van der Waals surface area contributed by atoms with E-state index < -0.39 is 22.2 Å². The van der Waals surface area contributed by atoms with Crippen LogP contribution in [0.15, 0.2) is 23.1 Å². The summed E-state index contributed by atoms with van der Waals surface area (Å²) < 4.78 is 37.9. The molecule has 0 aliphatic carbocycles. The second-order valence-corrected chi connectivity index (χ2v) is 7.04. The minimum absolute atomic E-state index is 0.0409. The van der Waals surface area contributed by atoms with E-state index >= 15 is 0 Å². The van der Waals surface area contributed by atoms with Crippen LogP contribution in [0.5, 0.6) is 11.5 Å². The Morgan fingerprint density at radius 3 is 2.57 bits per heavy atom. The number of rotatable bonds is 5. The average Bonchev–Trinajstić information content (AvgIpc) is 2.86. The van der Waals surface area contributed by atoms with E-state index in [0.29, 0.717) is 12.2 Å². The van der Waals surface area contributed by atoms with Gasteiger partial charge in [-0.1, -0.05) is 0 Å². The first-order chi connectivity index (χ1) is 10.8. The highest BCUT2D eigenvalue weighted by Crippen LogP contribution is 2.29. The fraction of sp³-hybridized carbons (Fsp3) is 0.500. The van der Waals surface area contributed by atoms with Gasteiger partial charge >= 0.3 is 6.09 Å². The normalized spacial score (nSPS) is 21.3. The molecule has 9 heteroatoms. The van der Waals surface area contributed by atoms with Crippen molar-refractivity contribution in [3.63, 3.8) is 0 Å². The van der Waals surface area contributed by atoms with Crippen LogP contribution >= 0.6 is 0 Å². The largest absolute Gasteiger partial charge is 0.497 e. The fourth-order valence-electron chi connectivity index (χ4n) is 2.66. The van der Waals surface area contributed by atoms with Crippen molar-refractivity contribution in [1.82, 2.24) is 9.62 Å². The standard InChI is InChI=1S/C14H20N2O6S/c1-9-6-10(8-16(9)14(17)18)15-23(19,20)13-7-11(21-2)4-5-12(13)22-3/h4-5,7,9-10,15H,6,8H2,1-3H3,(H,17,18)/t9-,10+/m0/s1. The number of likely N-dealkylation sites (tertiary alicyclic amines) is 1. The molecule has 1 aromatic rings. The van der Waals surface area contributed by atoms with Crippen molar-refractivity contribution in [2.75, 3.05) is 20.8 Å². The van der Waals surface area contributed by atoms with Crippen LogP contribution in [0, 0.1) is 0 Å². The van der Waals surface area contributed by atoms with Gasteiger partial charge in [-0.25, -0.2) is 17.9 Å². The lowest BCUT2D eigenvalue weighted by molar-refractivity contribution is 0.143. The molecule has 23 heavy (non-hydrogen) atoms. The molecule has 1 fully saturated rings. The minimum Gasteiger partial charge on any atom is -0.497 e. The van der Waals surface area contributed by atoms with Gasteiger partial charge in [0.2, 0.25) is 10.0 Å². The Kier molecular flexibility index (Phi) is 5.00. The first kappa shape index (κ1) is 17.4. The van der Waals surface area contributed by atoms with Gasteiger partial charge in [-0.15, -0.1) is 0 Å². The number of nitrogens with one attached hydrogen (secondary N) is 1. The SMILES string of the molecule is COc1ccc(OC)c(S(=O)(=O)N[C@@H]2C[C@H](C)N(C(=O)O)C2)c1. The number of benzene rings is 1. The molecule has 1 aliphatic heterocycles. The summed E-state index contributed by atoms with van der Waals surface area (Å²) >= 11 is 0. The Morgan fingerprint density at radius 1 is 1.35 bits per heavy atom. The smallest absolute Gasteiger partial charge is 0.407 e. The summed E-state index contributed by atoms with van der Waals surface area (Å²) in [5.74, 6) is 0.581. The van der Waals surface area contributed by atoms with Crippen LogP contribution in [0.4, 0.5) is 4.79 Å². The second kappa shape index (κ2) is 6.63. The highest BCUT2D eigenvalue weighted by Gasteiger charge is 2.35. The molecule has 1 aliphatic rings. The Hall–Kier alpha value is -2.00. The summed E-state index contributed by atoms with van der Waals surface area (Å²) in [6, 6.07) is 3.75. The maximum Gasteiger partial charge on any atom is 0.407 e. The highest BCUT2D eigenvalue weighted by molar-refractivity contribution is 7.89. The van der Waals surface area contributed by atoms with Crippen LogP contribution in [-0.4, -0.2) is 57.4 Å². The molecular weight excluding hydrogens is 324 g/mol. The zero-order valence-corrected chi connectivity index (χ0v) is 14.0. The maximum atomic E-state index is 12.6. The molecule has 2 rings (SSSR count). The topological polar surface area (TPSA) is 105 Å². The summed E-state index contributed by atoms with van der Waals surface area (Å²) in [6.45, 7) is 1.86. The van der Waals surface area contributed by atoms with Gasteiger partial charge in [-0.2, -0.15) is 0 Å². The van der Waals surface area contributed by atoms with Crippen LogP contribution in [0.2, 0.25) is 0 Å². The van der Waals surface area contributed by atoms with Crippen molar-refractivity contribution in [3.05, 3.63) is 18.2 Å². The van der Waals surface area contributed by atoms with Gasteiger partial charge in [-0.05, 0) is 25.5 Å². The summed E-state index contributed by atoms with van der Waals surface area (Å²) in [4.78, 5) is 12.3. The van der Waals surface area contributed by atoms with Crippen molar-refractivity contribution < 1.29 is 27.8 Å². The summed E-state index contributed by atoms with van der Waals surface area (Å²) in [6.07, 6.45) is -0.643. The second-order valence-electron chi connectivity index (χ2n) is 5.35. The van der Waals surface area contributed by atoms with Crippen molar-refractivity contribution in [2.45, 2.75) is 30.3 Å². The lowest BCUT2D eigenvalue weighted by atomic mass is 10.2. The van der Waals surface area contributed by atoms with Crippen LogP contribution in [0.25, 0.3) is 0 Å². The van der Waals surface area contributed by atoms with E-state index in [4.69, 9.17) is 14.6 Å². The van der Waals surface area contributed by atoms with Crippen LogP contribution in [0.3, 0.4) is 0 Å². The summed E-state index contributed by atoms with van der Waals surface area (Å²) in [7, 11) is -1.05. The van der Waals surface area contributed by atoms with Gasteiger partial charge < -0.3 is 19.5 Å². The minimum atomic E-state index is -3.87. The lowest BCUT2D eigenvalue weighted by Gasteiger charge is -2.17. The fourth-order valence-corrected chi connectivity index (χ4v) is 4.08. The zero-order chi connectivity index (χ0) is 17.2. The quantitative estimate of drug-likeness (QED) is 0.829. The van der Waals surface area contributed by atoms with E-state index in [-0.39, 0.29) is 23.2 Å². The van der Waals surface area contributed by atoms with E-state index in [9.17, 15) is 13.2 Å². The van der Waals surface area contributed by atoms with Crippen LogP contribution < -0.4 is 14.2 Å². The molecule has 1 heterocycles. The molecule has 1 amide bonds. The number of carboxylic acid groups (broad SMARTS) is 1. The highest BCUT2D eigenvalue weighted by atomic mass is 32.2. The Balaban J connectivity index is 2.25. The molecule has 1 aromatic carbocycles. The molecule has 2 atom stereocenters. The predicted octanol–water partition coefficient (Wildman–Crippen LogP) is 1.12. The van der Waals surface area contributed by atoms with Gasteiger partial charge in [0.15, 0.2) is 0 Å². The molecule has 0 bridgehead atoms. The number of carbonyl (C=O) groups is 1. The Labute approximate surface area is 135 Å². The molecule has 0 saturated carbocycles. The third-order valence-electron chi connectivity index (χ3n) is 3.80. The Bertz CT molecular complexity index is 691. The number of sulfonamides is 1. The summed E-state index contributed by atoms with van der Waals surface area (Å²) in [5.41, 5.74) is 0. The number of ether oxygens (including phenoxy) is 2. The molecule has 1 saturated heterocycles. The van der Waals surface area contributed by atoms with Gasteiger partial charge in [-0.3, -0.25) is 0 Å². The molecule has 0 radical (unpaired) electrons. The molecule has 0 aromatic heterocycles. The van der Waals surface area contributed by atoms with Crippen molar-refractivity contribution in [3.8, 4) is 11.5 Å². The third-order valence-corrected chi connectivity index (χ3v) is 5.34. The lowest BCUT2D eigenvalue weighted by Crippen LogP contribution is -2.38. The van der Waals surface area contributed by atoms with Crippen LogP contribution in [-0.2, 0) is 10.0 Å². The van der Waals surface area contributed by atoms with E-state index in [1.165, 1.54) is 31.3 Å². The first-order valence-electron chi connectivity index (χ1n) is 7.02. The Morgan fingerprint density at radius 2 is 2.04 bits per heavy atom. The van der Waals surface area contributed by atoms with E-state index in [2.05, 4.69) is 4.72 Å². The van der Waals surface area contributed by atoms with E-state index in [0.717, 1.165) is 0 Å². The van der Waals surface area contributed by atoms with Gasteiger partial charge in [0.1, 0.15) is 16.4 Å². The third kappa shape index (κ3) is 3.67. The van der Waals surface area contributed by atoms with Crippen molar-refractivity contribution in [1.29, 1.82) is 0 Å². The zero-order valence-electron chi connectivity index (χ0n) is 13.1. The predicted molar refractivity (Wildman–Crippen MR) is 82.5 cm³/mol. The monoisotopic (exact) mass is 344 g/mol. The van der Waals surface area contributed by atoms with E-state index in [1.807, 2.05) is 0 Å². The van der Waals surface area contributed by atoms with Gasteiger partial charge in [0, 0.05) is 24.7 Å². The first-order valence-corrected chi connectivity index (χ1v) is 8.50. The number of amides is 1. The molecule has 0 unspecified atom stereocenters. The number of hydrogen-bond donors (Lipinski definition) is 2. The van der Waals surface area contributed by atoms with Crippen LogP contribution in [0.1, 0.15) is 13.3 Å². The van der Waals surface area contributed by atoms with Gasteiger partial charge in [0.25, 0.3) is 0 Å². The average molecular weight is 344 g/mol. The van der Waals surface area contributed by atoms with Crippen molar-refractivity contribution in [2.24, 2.45) is 0 Å². The molecular formula is C14H20N2O6S. The molecule has 0 spiro atoms. The maximum absolute atomic E-state index is 12.6. The number of methoxy groups -OCH3 is 2. The summed E-state index contributed by atoms with van der Waals surface area (Å²) in [5, 5.41) is 9.08. The number of hydrogen-bond acceptors (Lipinski definition) is 5. The van der Waals surface area contributed by atoms with Gasteiger partial charge in [0.05, 0.1) is 14.2 Å². The number of nitrogens with zero attached hydrogens (tertiary/aromatic N) is 1. The van der Waals surface area contributed by atoms with E-state index in [1.54, 1.807) is 13.0 Å². The molecule has 2 N–H and O–H groups in total. The van der Waals surface area contributed by atoms with Crippen molar-refractivity contribution >= 4 is 16.1 Å². The molecule has 128 valence electrons.